The zero-order valence-corrected chi connectivity index (χ0v) is 15.0. The number of hydrogen-bond donors (Lipinski definition) is 0. The second-order valence-electron chi connectivity index (χ2n) is 4.91. The molecule has 1 aliphatic rings. The minimum absolute atomic E-state index is 0.0494. The minimum atomic E-state index is -3.24. The lowest BCUT2D eigenvalue weighted by Gasteiger charge is -2.28. The fourth-order valence-electron chi connectivity index (χ4n) is 2.39. The SMILES string of the molecule is Cn1c(COP2(=O)N(CCCl)CCN2CCCl)cnc1[N+](=O)[O-]. The molecular formula is C11H18Cl2N5O4P. The van der Waals surface area contributed by atoms with E-state index in [1.165, 1.54) is 17.8 Å². The van der Waals surface area contributed by atoms with Gasteiger partial charge in [-0.05, 0) is 4.92 Å². The third-order valence-corrected chi connectivity index (χ3v) is 6.65. The molecule has 0 spiro atoms. The molecule has 0 N–H and O–H groups in total. The zero-order valence-electron chi connectivity index (χ0n) is 12.6. The van der Waals surface area contributed by atoms with E-state index in [0.29, 0.717) is 43.6 Å². The minimum Gasteiger partial charge on any atom is -0.390 e. The van der Waals surface area contributed by atoms with Gasteiger partial charge in [0.1, 0.15) is 18.5 Å². The monoisotopic (exact) mass is 385 g/mol. The number of nitro groups is 1. The van der Waals surface area contributed by atoms with Crippen molar-refractivity contribution in [3.05, 3.63) is 22.0 Å². The molecule has 0 bridgehead atoms. The molecule has 1 saturated heterocycles. The lowest BCUT2D eigenvalue weighted by Crippen LogP contribution is -2.24. The summed E-state index contributed by atoms with van der Waals surface area (Å²) in [7, 11) is -1.72. The van der Waals surface area contributed by atoms with Crippen LogP contribution in [0, 0.1) is 10.1 Å². The Morgan fingerprint density at radius 3 is 2.35 bits per heavy atom. The predicted molar refractivity (Wildman–Crippen MR) is 86.8 cm³/mol. The molecule has 0 unspecified atom stereocenters. The van der Waals surface area contributed by atoms with E-state index in [0.717, 1.165) is 0 Å². The van der Waals surface area contributed by atoms with E-state index in [2.05, 4.69) is 4.98 Å². The van der Waals surface area contributed by atoms with E-state index in [-0.39, 0.29) is 12.6 Å². The molecule has 2 rings (SSSR count). The largest absolute Gasteiger partial charge is 0.434 e. The quantitative estimate of drug-likeness (QED) is 0.292. The molecule has 23 heavy (non-hydrogen) atoms. The first-order chi connectivity index (χ1) is 10.9. The number of imidazole rings is 1. The summed E-state index contributed by atoms with van der Waals surface area (Å²) in [5.74, 6) is 0.377. The average Bonchev–Trinajstić information content (AvgIpc) is 3.01. The highest BCUT2D eigenvalue weighted by atomic mass is 35.5. The van der Waals surface area contributed by atoms with Gasteiger partial charge in [-0.15, -0.1) is 23.2 Å². The molecule has 0 aliphatic carbocycles. The van der Waals surface area contributed by atoms with E-state index >= 15 is 0 Å². The van der Waals surface area contributed by atoms with Crippen molar-refractivity contribution in [1.29, 1.82) is 0 Å². The van der Waals surface area contributed by atoms with Gasteiger partial charge >= 0.3 is 13.6 Å². The normalized spacial score (nSPS) is 18.6. The Kier molecular flexibility index (Phi) is 6.41. The summed E-state index contributed by atoms with van der Waals surface area (Å²) >= 11 is 11.5. The van der Waals surface area contributed by atoms with Crippen LogP contribution in [0.4, 0.5) is 5.95 Å². The molecule has 0 aromatic carbocycles. The molecule has 0 radical (unpaired) electrons. The van der Waals surface area contributed by atoms with Gasteiger partial charge in [0.25, 0.3) is 0 Å². The van der Waals surface area contributed by atoms with Crippen LogP contribution in [0.3, 0.4) is 0 Å². The summed E-state index contributed by atoms with van der Waals surface area (Å²) in [5.41, 5.74) is 0.468. The Balaban J connectivity index is 2.14. The zero-order chi connectivity index (χ0) is 17.0. The lowest BCUT2D eigenvalue weighted by atomic mass is 10.5. The van der Waals surface area contributed by atoms with Gasteiger partial charge in [0, 0.05) is 37.9 Å². The maximum atomic E-state index is 13.2. The third kappa shape index (κ3) is 3.87. The maximum Gasteiger partial charge on any atom is 0.434 e. The van der Waals surface area contributed by atoms with Crippen molar-refractivity contribution in [2.45, 2.75) is 6.61 Å². The Bertz CT molecular complexity index is 595. The van der Waals surface area contributed by atoms with E-state index in [1.807, 2.05) is 0 Å². The summed E-state index contributed by atoms with van der Waals surface area (Å²) in [6.45, 7) is 1.97. The molecule has 12 heteroatoms. The Morgan fingerprint density at radius 1 is 1.35 bits per heavy atom. The van der Waals surface area contributed by atoms with Crippen LogP contribution in [0.2, 0.25) is 0 Å². The number of aromatic nitrogens is 2. The maximum absolute atomic E-state index is 13.2. The first-order valence-electron chi connectivity index (χ1n) is 6.96. The molecule has 0 saturated carbocycles. The van der Waals surface area contributed by atoms with Crippen LogP contribution in [0.1, 0.15) is 5.69 Å². The van der Waals surface area contributed by atoms with E-state index in [4.69, 9.17) is 27.7 Å². The highest BCUT2D eigenvalue weighted by Gasteiger charge is 2.44. The first-order valence-corrected chi connectivity index (χ1v) is 9.56. The molecular weight excluding hydrogens is 368 g/mol. The van der Waals surface area contributed by atoms with Crippen molar-refractivity contribution in [2.24, 2.45) is 7.05 Å². The molecule has 1 aromatic rings. The van der Waals surface area contributed by atoms with Gasteiger partial charge in [0.05, 0.1) is 7.05 Å². The highest BCUT2D eigenvalue weighted by Crippen LogP contribution is 2.58. The van der Waals surface area contributed by atoms with Crippen molar-refractivity contribution < 1.29 is 14.0 Å². The first kappa shape index (κ1) is 18.6. The van der Waals surface area contributed by atoms with E-state index in [9.17, 15) is 14.7 Å². The van der Waals surface area contributed by atoms with Gasteiger partial charge in [0.2, 0.25) is 0 Å². The number of halogens is 2. The summed E-state index contributed by atoms with van der Waals surface area (Å²) in [5, 5.41) is 10.8. The van der Waals surface area contributed by atoms with E-state index in [1.54, 1.807) is 9.34 Å². The van der Waals surface area contributed by atoms with Crippen molar-refractivity contribution in [1.82, 2.24) is 18.9 Å². The van der Waals surface area contributed by atoms with Crippen molar-refractivity contribution >= 4 is 36.8 Å². The second-order valence-corrected chi connectivity index (χ2v) is 8.04. The van der Waals surface area contributed by atoms with Crippen LogP contribution >= 0.6 is 30.9 Å². The van der Waals surface area contributed by atoms with Gasteiger partial charge in [-0.1, -0.05) is 4.98 Å². The summed E-state index contributed by atoms with van der Waals surface area (Å²) < 4.78 is 23.6. The van der Waals surface area contributed by atoms with E-state index < -0.39 is 12.6 Å². The topological polar surface area (TPSA) is 93.7 Å². The summed E-state index contributed by atoms with van der Waals surface area (Å²) in [6, 6.07) is 0. The van der Waals surface area contributed by atoms with Gasteiger partial charge in [-0.25, -0.2) is 13.9 Å². The number of alkyl halides is 2. The third-order valence-electron chi connectivity index (χ3n) is 3.62. The molecule has 1 aromatic heterocycles. The number of rotatable bonds is 8. The van der Waals surface area contributed by atoms with Gasteiger partial charge < -0.3 is 10.1 Å². The molecule has 2 heterocycles. The average molecular weight is 386 g/mol. The summed E-state index contributed by atoms with van der Waals surface area (Å²) in [4.78, 5) is 14.0. The van der Waals surface area contributed by atoms with Crippen LogP contribution in [-0.4, -0.2) is 61.8 Å². The smallest absolute Gasteiger partial charge is 0.390 e. The fraction of sp³-hybridized carbons (Fsp3) is 0.727. The highest BCUT2D eigenvalue weighted by molar-refractivity contribution is 7.54. The molecule has 0 amide bonds. The molecule has 9 nitrogen and oxygen atoms in total. The summed E-state index contributed by atoms with van der Waals surface area (Å²) in [6.07, 6.45) is 1.35. The lowest BCUT2D eigenvalue weighted by molar-refractivity contribution is -0.396. The van der Waals surface area contributed by atoms with Crippen LogP contribution in [0.15, 0.2) is 6.20 Å². The molecule has 1 aliphatic heterocycles. The number of hydrogen-bond acceptors (Lipinski definition) is 5. The van der Waals surface area contributed by atoms with Gasteiger partial charge in [0.15, 0.2) is 0 Å². The molecule has 0 atom stereocenters. The van der Waals surface area contributed by atoms with Crippen LogP contribution in [0.5, 0.6) is 0 Å². The van der Waals surface area contributed by atoms with Crippen molar-refractivity contribution in [2.75, 3.05) is 37.9 Å². The van der Waals surface area contributed by atoms with Crippen LogP contribution < -0.4 is 0 Å². The Labute approximate surface area is 143 Å². The van der Waals surface area contributed by atoms with Gasteiger partial charge in [-0.2, -0.15) is 0 Å². The Hall–Kier alpha value is -0.700. The van der Waals surface area contributed by atoms with Crippen LogP contribution in [0.25, 0.3) is 0 Å². The molecule has 130 valence electrons. The second kappa shape index (κ2) is 7.92. The predicted octanol–water partition coefficient (Wildman–Crippen LogP) is 2.05. The Morgan fingerprint density at radius 2 is 1.91 bits per heavy atom. The van der Waals surface area contributed by atoms with Crippen molar-refractivity contribution in [3.63, 3.8) is 0 Å². The van der Waals surface area contributed by atoms with Crippen molar-refractivity contribution in [3.8, 4) is 0 Å². The number of nitrogens with zero attached hydrogens (tertiary/aromatic N) is 5. The fourth-order valence-corrected chi connectivity index (χ4v) is 5.40. The molecule has 1 fully saturated rings. The van der Waals surface area contributed by atoms with Crippen LogP contribution in [-0.2, 0) is 22.7 Å². The standard InChI is InChI=1S/C11H18Cl2N5O4P/c1-15-10(8-14-11(15)18(19)20)9-22-23(21)16(4-2-12)6-7-17(23)5-3-13/h8H,2-7,9H2,1H3. The van der Waals surface area contributed by atoms with Gasteiger partial charge in [-0.3, -0.25) is 9.09 Å².